The molecular weight excluding hydrogens is 434 g/mol. The van der Waals surface area contributed by atoms with Crippen LogP contribution in [0, 0.1) is 11.3 Å². The number of nitriles is 1. The molecule has 1 aromatic heterocycles. The molecule has 0 spiro atoms. The number of nitrogens with zero attached hydrogens (tertiary/aromatic N) is 4. The number of hydrogen-bond donors (Lipinski definition) is 1. The molecule has 0 atom stereocenters. The molecule has 0 saturated heterocycles. The lowest BCUT2D eigenvalue weighted by Gasteiger charge is -2.21. The Hall–Kier alpha value is -3.68. The zero-order valence-electron chi connectivity index (χ0n) is 16.0. The quantitative estimate of drug-likeness (QED) is 0.635. The first-order valence-corrected chi connectivity index (χ1v) is 11.7. The third-order valence-electron chi connectivity index (χ3n) is 4.79. The SMILES string of the molecule is N#Cc1c(NS(=O)(=O)c2cccs2)cccc1Oc1ccc2c(c1)C1=NCCN1C=N2. The summed E-state index contributed by atoms with van der Waals surface area (Å²) in [5.41, 5.74) is 1.90. The van der Waals surface area contributed by atoms with Crippen LogP contribution < -0.4 is 9.46 Å². The monoisotopic (exact) mass is 449 g/mol. The molecule has 0 unspecified atom stereocenters. The first-order valence-electron chi connectivity index (χ1n) is 9.32. The number of ether oxygens (including phenoxy) is 1. The van der Waals surface area contributed by atoms with E-state index in [9.17, 15) is 13.7 Å². The highest BCUT2D eigenvalue weighted by Gasteiger charge is 2.24. The van der Waals surface area contributed by atoms with Crippen LogP contribution in [-0.4, -0.2) is 38.6 Å². The number of anilines is 1. The van der Waals surface area contributed by atoms with E-state index in [0.717, 1.165) is 35.0 Å². The molecule has 2 aromatic carbocycles. The van der Waals surface area contributed by atoms with Gasteiger partial charge in [-0.2, -0.15) is 5.26 Å². The molecule has 0 radical (unpaired) electrons. The minimum absolute atomic E-state index is 0.0956. The minimum Gasteiger partial charge on any atom is -0.456 e. The fourth-order valence-electron chi connectivity index (χ4n) is 3.37. The number of amidine groups is 1. The highest BCUT2D eigenvalue weighted by molar-refractivity contribution is 7.94. The van der Waals surface area contributed by atoms with E-state index in [1.165, 1.54) is 12.1 Å². The third kappa shape index (κ3) is 3.54. The van der Waals surface area contributed by atoms with Crippen molar-refractivity contribution in [2.45, 2.75) is 4.21 Å². The summed E-state index contributed by atoms with van der Waals surface area (Å²) < 4.78 is 33.8. The molecule has 1 N–H and O–H groups in total. The van der Waals surface area contributed by atoms with E-state index in [0.29, 0.717) is 12.3 Å². The Bertz CT molecular complexity index is 1370. The van der Waals surface area contributed by atoms with E-state index in [1.54, 1.807) is 36.0 Å². The Morgan fingerprint density at radius 3 is 2.90 bits per heavy atom. The zero-order valence-corrected chi connectivity index (χ0v) is 17.7. The molecule has 0 amide bonds. The topological polar surface area (TPSA) is 107 Å². The molecule has 2 aliphatic heterocycles. The number of fused-ring (bicyclic) bond motifs is 3. The van der Waals surface area contributed by atoms with Crippen LogP contribution in [0.15, 0.2) is 68.1 Å². The molecule has 31 heavy (non-hydrogen) atoms. The molecule has 0 fully saturated rings. The summed E-state index contributed by atoms with van der Waals surface area (Å²) in [6.45, 7) is 1.49. The third-order valence-corrected chi connectivity index (χ3v) is 7.55. The largest absolute Gasteiger partial charge is 0.456 e. The van der Waals surface area contributed by atoms with E-state index in [-0.39, 0.29) is 21.2 Å². The van der Waals surface area contributed by atoms with Crippen molar-refractivity contribution in [3.8, 4) is 17.6 Å². The summed E-state index contributed by atoms with van der Waals surface area (Å²) in [7, 11) is -3.79. The van der Waals surface area contributed by atoms with Crippen LogP contribution in [0.3, 0.4) is 0 Å². The standard InChI is InChI=1S/C21H15N5O3S2/c22-12-16-18(25-31(27,28)20-5-2-10-30-20)3-1-4-19(16)29-14-6-7-17-15(11-14)21-23-8-9-26(21)13-24-17/h1-7,10-11,13,25H,8-9H2. The van der Waals surface area contributed by atoms with Gasteiger partial charge in [0.15, 0.2) is 0 Å². The smallest absolute Gasteiger partial charge is 0.271 e. The van der Waals surface area contributed by atoms with Gasteiger partial charge in [0, 0.05) is 12.1 Å². The molecule has 0 aliphatic carbocycles. The molecule has 3 heterocycles. The van der Waals surface area contributed by atoms with E-state index < -0.39 is 10.0 Å². The number of sulfonamides is 1. The Kier molecular flexibility index (Phi) is 4.69. The fraction of sp³-hybridized carbons (Fsp3) is 0.0952. The molecular formula is C21H15N5O3S2. The van der Waals surface area contributed by atoms with Gasteiger partial charge >= 0.3 is 0 Å². The first-order chi connectivity index (χ1) is 15.0. The van der Waals surface area contributed by atoms with Crippen molar-refractivity contribution < 1.29 is 13.2 Å². The maximum Gasteiger partial charge on any atom is 0.271 e. The van der Waals surface area contributed by atoms with Gasteiger partial charge in [0.1, 0.15) is 33.2 Å². The number of nitrogens with one attached hydrogen (secondary N) is 1. The van der Waals surface area contributed by atoms with Crippen LogP contribution in [0.5, 0.6) is 11.5 Å². The summed E-state index contributed by atoms with van der Waals surface area (Å²) in [5.74, 6) is 1.59. The molecule has 3 aromatic rings. The van der Waals surface area contributed by atoms with Crippen LogP contribution in [-0.2, 0) is 10.0 Å². The summed E-state index contributed by atoms with van der Waals surface area (Å²) in [4.78, 5) is 10.9. The van der Waals surface area contributed by atoms with Gasteiger partial charge in [-0.15, -0.1) is 11.3 Å². The van der Waals surface area contributed by atoms with Crippen molar-refractivity contribution in [2.75, 3.05) is 17.8 Å². The summed E-state index contributed by atoms with van der Waals surface area (Å²) in [6, 6.07) is 15.4. The second-order valence-electron chi connectivity index (χ2n) is 6.75. The van der Waals surface area contributed by atoms with Crippen LogP contribution in [0.1, 0.15) is 11.1 Å². The van der Waals surface area contributed by atoms with E-state index in [1.807, 2.05) is 23.1 Å². The van der Waals surface area contributed by atoms with Crippen molar-refractivity contribution in [3.63, 3.8) is 0 Å². The van der Waals surface area contributed by atoms with Crippen molar-refractivity contribution in [1.29, 1.82) is 5.26 Å². The van der Waals surface area contributed by atoms with Gasteiger partial charge in [-0.1, -0.05) is 12.1 Å². The van der Waals surface area contributed by atoms with Gasteiger partial charge in [-0.05, 0) is 41.8 Å². The van der Waals surface area contributed by atoms with Crippen LogP contribution in [0.2, 0.25) is 0 Å². The normalized spacial score (nSPS) is 14.4. The van der Waals surface area contributed by atoms with Crippen molar-refractivity contribution in [3.05, 3.63) is 65.0 Å². The Labute approximate surface area is 182 Å². The predicted octanol–water partition coefficient (Wildman–Crippen LogP) is 3.95. The maximum atomic E-state index is 12.6. The zero-order chi connectivity index (χ0) is 21.4. The minimum atomic E-state index is -3.79. The average molecular weight is 450 g/mol. The van der Waals surface area contributed by atoms with Gasteiger partial charge < -0.3 is 9.64 Å². The van der Waals surface area contributed by atoms with Crippen LogP contribution >= 0.6 is 11.3 Å². The van der Waals surface area contributed by atoms with Gasteiger partial charge in [0.25, 0.3) is 10.0 Å². The molecule has 0 bridgehead atoms. The van der Waals surface area contributed by atoms with Crippen LogP contribution in [0.4, 0.5) is 11.4 Å². The van der Waals surface area contributed by atoms with Crippen molar-refractivity contribution in [1.82, 2.24) is 4.90 Å². The maximum absolute atomic E-state index is 12.6. The second kappa shape index (κ2) is 7.54. The molecule has 5 rings (SSSR count). The van der Waals surface area contributed by atoms with Crippen molar-refractivity contribution in [2.24, 2.45) is 9.98 Å². The lowest BCUT2D eigenvalue weighted by atomic mass is 10.1. The number of rotatable bonds is 5. The Morgan fingerprint density at radius 2 is 2.10 bits per heavy atom. The number of benzene rings is 2. The molecule has 2 aliphatic rings. The number of hydrogen-bond acceptors (Lipinski definition) is 8. The first kappa shape index (κ1) is 19.3. The van der Waals surface area contributed by atoms with Gasteiger partial charge in [0.05, 0.1) is 24.3 Å². The Balaban J connectivity index is 1.47. The average Bonchev–Trinajstić information content (AvgIpc) is 3.46. The number of thiophene rings is 1. The second-order valence-corrected chi connectivity index (χ2v) is 9.61. The lowest BCUT2D eigenvalue weighted by Crippen LogP contribution is -2.29. The molecule has 8 nitrogen and oxygen atoms in total. The van der Waals surface area contributed by atoms with Gasteiger partial charge in [-0.25, -0.2) is 13.4 Å². The number of aliphatic imine (C=N–C) groups is 2. The highest BCUT2D eigenvalue weighted by atomic mass is 32.2. The fourth-order valence-corrected chi connectivity index (χ4v) is 5.43. The lowest BCUT2D eigenvalue weighted by molar-refractivity contribution is 0.481. The van der Waals surface area contributed by atoms with Crippen molar-refractivity contribution >= 4 is 44.9 Å². The summed E-state index contributed by atoms with van der Waals surface area (Å²) in [5, 5.41) is 11.4. The summed E-state index contributed by atoms with van der Waals surface area (Å²) >= 11 is 1.10. The van der Waals surface area contributed by atoms with E-state index in [2.05, 4.69) is 14.7 Å². The molecule has 0 saturated carbocycles. The Morgan fingerprint density at radius 1 is 1.19 bits per heavy atom. The highest BCUT2D eigenvalue weighted by Crippen LogP contribution is 2.35. The van der Waals surface area contributed by atoms with Crippen LogP contribution in [0.25, 0.3) is 0 Å². The van der Waals surface area contributed by atoms with E-state index >= 15 is 0 Å². The molecule has 154 valence electrons. The van der Waals surface area contributed by atoms with E-state index in [4.69, 9.17) is 4.74 Å². The summed E-state index contributed by atoms with van der Waals surface area (Å²) in [6.07, 6.45) is 1.77. The predicted molar refractivity (Wildman–Crippen MR) is 119 cm³/mol. The van der Waals surface area contributed by atoms with Gasteiger partial charge in [-0.3, -0.25) is 9.71 Å². The molecule has 10 heteroatoms. The van der Waals surface area contributed by atoms with Gasteiger partial charge in [0.2, 0.25) is 0 Å².